The minimum absolute atomic E-state index is 0.166. The predicted octanol–water partition coefficient (Wildman–Crippen LogP) is 3.89. The maximum Gasteiger partial charge on any atom is 0.278 e. The number of fused-ring (bicyclic) bond motifs is 2. The van der Waals surface area contributed by atoms with Crippen molar-refractivity contribution in [3.63, 3.8) is 0 Å². The fourth-order valence-corrected chi connectivity index (χ4v) is 3.03. The number of hydrogen-bond donors (Lipinski definition) is 0. The molecule has 0 aliphatic heterocycles. The summed E-state index contributed by atoms with van der Waals surface area (Å²) in [7, 11) is 0. The van der Waals surface area contributed by atoms with Crippen molar-refractivity contribution in [2.24, 2.45) is 0 Å². The Balaban J connectivity index is 1.80. The Kier molecular flexibility index (Phi) is 3.32. The van der Waals surface area contributed by atoms with Crippen LogP contribution >= 0.6 is 23.2 Å². The SMILES string of the molecule is O=c1c2ccccc2nnn1Cc1cc2cc(Cl)cc(Cl)c2o1. The summed E-state index contributed by atoms with van der Waals surface area (Å²) in [4.78, 5) is 12.4. The van der Waals surface area contributed by atoms with Gasteiger partial charge in [0.2, 0.25) is 0 Å². The molecule has 7 heteroatoms. The Bertz CT molecular complexity index is 1100. The molecular weight excluding hydrogens is 337 g/mol. The zero-order valence-electron chi connectivity index (χ0n) is 11.7. The van der Waals surface area contributed by atoms with Gasteiger partial charge in [0.25, 0.3) is 5.56 Å². The van der Waals surface area contributed by atoms with E-state index in [0.29, 0.717) is 32.3 Å². The largest absolute Gasteiger partial charge is 0.458 e. The molecule has 0 aliphatic rings. The van der Waals surface area contributed by atoms with Crippen LogP contribution in [0.25, 0.3) is 21.9 Å². The molecule has 0 aliphatic carbocycles. The molecule has 0 amide bonds. The highest BCUT2D eigenvalue weighted by Gasteiger charge is 2.12. The third-order valence-electron chi connectivity index (χ3n) is 3.52. The van der Waals surface area contributed by atoms with Crippen molar-refractivity contribution in [1.82, 2.24) is 15.0 Å². The van der Waals surface area contributed by atoms with Crippen LogP contribution in [-0.2, 0) is 6.54 Å². The van der Waals surface area contributed by atoms with Crippen LogP contribution in [0.15, 0.2) is 51.7 Å². The molecule has 2 aromatic carbocycles. The molecule has 0 N–H and O–H groups in total. The van der Waals surface area contributed by atoms with Gasteiger partial charge in [0.1, 0.15) is 17.8 Å². The molecule has 2 heterocycles. The highest BCUT2D eigenvalue weighted by Crippen LogP contribution is 2.30. The zero-order chi connectivity index (χ0) is 16.0. The van der Waals surface area contributed by atoms with Gasteiger partial charge in [-0.1, -0.05) is 40.5 Å². The van der Waals surface area contributed by atoms with Crippen molar-refractivity contribution in [2.45, 2.75) is 6.54 Å². The van der Waals surface area contributed by atoms with Crippen molar-refractivity contribution in [1.29, 1.82) is 0 Å². The van der Waals surface area contributed by atoms with Crippen LogP contribution < -0.4 is 5.56 Å². The van der Waals surface area contributed by atoms with E-state index in [1.807, 2.05) is 6.07 Å². The maximum atomic E-state index is 12.4. The number of benzene rings is 2. The van der Waals surface area contributed by atoms with Gasteiger partial charge in [-0.05, 0) is 30.3 Å². The molecule has 5 nitrogen and oxygen atoms in total. The third-order valence-corrected chi connectivity index (χ3v) is 4.02. The van der Waals surface area contributed by atoms with Crippen LogP contribution in [0, 0.1) is 0 Å². The average Bonchev–Trinajstić information content (AvgIpc) is 2.93. The first kappa shape index (κ1) is 14.2. The Labute approximate surface area is 140 Å². The molecule has 0 unspecified atom stereocenters. The number of hydrogen-bond acceptors (Lipinski definition) is 4. The highest BCUT2D eigenvalue weighted by atomic mass is 35.5. The smallest absolute Gasteiger partial charge is 0.278 e. The van der Waals surface area contributed by atoms with Crippen molar-refractivity contribution in [3.8, 4) is 0 Å². The van der Waals surface area contributed by atoms with E-state index in [4.69, 9.17) is 27.6 Å². The van der Waals surface area contributed by atoms with Gasteiger partial charge in [-0.15, -0.1) is 5.10 Å². The van der Waals surface area contributed by atoms with Gasteiger partial charge >= 0.3 is 0 Å². The first-order valence-electron chi connectivity index (χ1n) is 6.82. The van der Waals surface area contributed by atoms with Crippen LogP contribution in [0.1, 0.15) is 5.76 Å². The number of aromatic nitrogens is 3. The normalized spacial score (nSPS) is 11.4. The molecule has 0 saturated carbocycles. The average molecular weight is 346 g/mol. The molecular formula is C16H9Cl2N3O2. The van der Waals surface area contributed by atoms with Gasteiger partial charge in [0.15, 0.2) is 5.58 Å². The number of halogens is 2. The van der Waals surface area contributed by atoms with E-state index in [9.17, 15) is 4.79 Å². The summed E-state index contributed by atoms with van der Waals surface area (Å²) < 4.78 is 6.97. The molecule has 0 atom stereocenters. The molecule has 0 fully saturated rings. The fourth-order valence-electron chi connectivity index (χ4n) is 2.48. The molecule has 0 saturated heterocycles. The number of furan rings is 1. The molecule has 0 bridgehead atoms. The molecule has 2 aromatic heterocycles. The van der Waals surface area contributed by atoms with E-state index in [1.165, 1.54) is 4.68 Å². The topological polar surface area (TPSA) is 60.9 Å². The van der Waals surface area contributed by atoms with Gasteiger partial charge in [-0.2, -0.15) is 0 Å². The first-order valence-corrected chi connectivity index (χ1v) is 7.57. The van der Waals surface area contributed by atoms with Crippen molar-refractivity contribution in [3.05, 3.63) is 68.6 Å². The van der Waals surface area contributed by atoms with E-state index in [1.54, 1.807) is 36.4 Å². The molecule has 0 radical (unpaired) electrons. The van der Waals surface area contributed by atoms with Crippen LogP contribution in [0.4, 0.5) is 0 Å². The summed E-state index contributed by atoms with van der Waals surface area (Å²) in [6, 6.07) is 12.2. The summed E-state index contributed by atoms with van der Waals surface area (Å²) in [6.45, 7) is 0.166. The summed E-state index contributed by atoms with van der Waals surface area (Å²) in [5.41, 5.74) is 0.876. The second-order valence-electron chi connectivity index (χ2n) is 5.09. The second kappa shape index (κ2) is 5.37. The lowest BCUT2D eigenvalue weighted by atomic mass is 10.2. The monoisotopic (exact) mass is 345 g/mol. The Morgan fingerprint density at radius 3 is 2.83 bits per heavy atom. The molecule has 114 valence electrons. The van der Waals surface area contributed by atoms with Crippen LogP contribution in [0.5, 0.6) is 0 Å². The number of rotatable bonds is 2. The van der Waals surface area contributed by atoms with Gasteiger partial charge < -0.3 is 4.42 Å². The zero-order valence-corrected chi connectivity index (χ0v) is 13.2. The molecule has 4 rings (SSSR count). The van der Waals surface area contributed by atoms with E-state index >= 15 is 0 Å². The molecule has 23 heavy (non-hydrogen) atoms. The van der Waals surface area contributed by atoms with Gasteiger partial charge in [0, 0.05) is 10.4 Å². The molecule has 0 spiro atoms. The Morgan fingerprint density at radius 1 is 1.13 bits per heavy atom. The lowest BCUT2D eigenvalue weighted by Gasteiger charge is -2.02. The summed E-state index contributed by atoms with van der Waals surface area (Å²) in [6.07, 6.45) is 0. The minimum atomic E-state index is -0.222. The van der Waals surface area contributed by atoms with Gasteiger partial charge in [-0.25, -0.2) is 4.68 Å². The Morgan fingerprint density at radius 2 is 1.96 bits per heavy atom. The van der Waals surface area contributed by atoms with Crippen LogP contribution in [0.3, 0.4) is 0 Å². The van der Waals surface area contributed by atoms with Crippen molar-refractivity contribution >= 4 is 45.1 Å². The lowest BCUT2D eigenvalue weighted by molar-refractivity contribution is 0.488. The quantitative estimate of drug-likeness (QED) is 0.552. The standard InChI is InChI=1S/C16H9Cl2N3O2/c17-10-5-9-6-11(23-15(9)13(18)7-10)8-21-16(22)12-3-1-2-4-14(12)19-20-21/h1-7H,8H2. The van der Waals surface area contributed by atoms with Crippen LogP contribution in [-0.4, -0.2) is 15.0 Å². The van der Waals surface area contributed by atoms with Gasteiger partial charge in [0.05, 0.1) is 10.4 Å². The highest BCUT2D eigenvalue weighted by molar-refractivity contribution is 6.38. The third kappa shape index (κ3) is 2.48. The van der Waals surface area contributed by atoms with Crippen molar-refractivity contribution in [2.75, 3.05) is 0 Å². The minimum Gasteiger partial charge on any atom is -0.458 e. The predicted molar refractivity (Wildman–Crippen MR) is 89.1 cm³/mol. The Hall–Kier alpha value is -2.37. The maximum absolute atomic E-state index is 12.4. The van der Waals surface area contributed by atoms with Gasteiger partial charge in [-0.3, -0.25) is 4.79 Å². The summed E-state index contributed by atoms with van der Waals surface area (Å²) >= 11 is 12.1. The van der Waals surface area contributed by atoms with E-state index < -0.39 is 0 Å². The van der Waals surface area contributed by atoms with E-state index in [2.05, 4.69) is 10.3 Å². The lowest BCUT2D eigenvalue weighted by Crippen LogP contribution is -2.24. The first-order chi connectivity index (χ1) is 11.1. The summed E-state index contributed by atoms with van der Waals surface area (Å²) in [5.74, 6) is 0.552. The van der Waals surface area contributed by atoms with Crippen molar-refractivity contribution < 1.29 is 4.42 Å². The van der Waals surface area contributed by atoms with E-state index in [0.717, 1.165) is 5.39 Å². The summed E-state index contributed by atoms with van der Waals surface area (Å²) in [5, 5.41) is 10.2. The molecule has 4 aromatic rings. The number of nitrogens with zero attached hydrogens (tertiary/aromatic N) is 3. The van der Waals surface area contributed by atoms with Crippen LogP contribution in [0.2, 0.25) is 10.0 Å². The van der Waals surface area contributed by atoms with E-state index in [-0.39, 0.29) is 12.1 Å². The fraction of sp³-hybridized carbons (Fsp3) is 0.0625. The second-order valence-corrected chi connectivity index (χ2v) is 5.93.